The summed E-state index contributed by atoms with van der Waals surface area (Å²) in [6.45, 7) is 7.28. The minimum atomic E-state index is -0.102. The molecule has 9 heteroatoms. The fraction of sp³-hybridized carbons (Fsp3) is 0.444. The predicted octanol–water partition coefficient (Wildman–Crippen LogP) is 1.59. The van der Waals surface area contributed by atoms with E-state index in [-0.39, 0.29) is 5.91 Å². The van der Waals surface area contributed by atoms with E-state index in [2.05, 4.69) is 54.0 Å². The molecule has 0 saturated heterocycles. The molecule has 0 unspecified atom stereocenters. The van der Waals surface area contributed by atoms with E-state index in [1.807, 2.05) is 23.6 Å². The monoisotopic (exact) mass is 435 g/mol. The van der Waals surface area contributed by atoms with Gasteiger partial charge >= 0.3 is 0 Å². The van der Waals surface area contributed by atoms with Gasteiger partial charge in [0.2, 0.25) is 0 Å². The Morgan fingerprint density at radius 2 is 1.93 bits per heavy atom. The Balaban J connectivity index is 1.75. The topological polar surface area (TPSA) is 96.2 Å². The maximum absolute atomic E-state index is 12.1. The molecule has 0 radical (unpaired) electrons. The number of aryl methyl sites for hydroxylation is 1. The summed E-state index contributed by atoms with van der Waals surface area (Å²) < 4.78 is 2.97. The van der Waals surface area contributed by atoms with Gasteiger partial charge in [-0.05, 0) is 31.2 Å². The van der Waals surface area contributed by atoms with Crippen LogP contribution in [-0.4, -0.2) is 52.8 Å². The van der Waals surface area contributed by atoms with Crippen LogP contribution in [0, 0.1) is 0 Å². The van der Waals surface area contributed by atoms with Crippen molar-refractivity contribution in [1.82, 2.24) is 30.7 Å². The number of aromatic nitrogens is 3. The molecule has 2 aromatic rings. The first kappa shape index (κ1) is 20.9. The number of amides is 1. The molecule has 0 spiro atoms. The lowest BCUT2D eigenvalue weighted by molar-refractivity contribution is 0.0955. The number of guanidine groups is 1. The SMILES string of the molecule is CCNC(=NCCNC(=O)c1ccc(Br)cc1)NCCn1cnnc1CC. The Morgan fingerprint density at radius 3 is 2.63 bits per heavy atom. The van der Waals surface area contributed by atoms with Crippen molar-refractivity contribution in [3.05, 3.63) is 46.5 Å². The minimum Gasteiger partial charge on any atom is -0.357 e. The molecule has 1 aromatic carbocycles. The van der Waals surface area contributed by atoms with Crippen LogP contribution >= 0.6 is 15.9 Å². The van der Waals surface area contributed by atoms with Crippen LogP contribution in [0.1, 0.15) is 30.0 Å². The Morgan fingerprint density at radius 1 is 1.15 bits per heavy atom. The molecule has 0 aliphatic carbocycles. The molecule has 3 N–H and O–H groups in total. The standard InChI is InChI=1S/C18H26BrN7O/c1-3-16-25-24-13-26(16)12-11-23-18(20-4-2)22-10-9-21-17(27)14-5-7-15(19)8-6-14/h5-8,13H,3-4,9-12H2,1-2H3,(H,21,27)(H2,20,22,23). The first-order valence-corrected chi connectivity index (χ1v) is 9.86. The quantitative estimate of drug-likeness (QED) is 0.315. The van der Waals surface area contributed by atoms with Gasteiger partial charge in [-0.2, -0.15) is 0 Å². The number of carbonyl (C=O) groups excluding carboxylic acids is 1. The summed E-state index contributed by atoms with van der Waals surface area (Å²) in [5.74, 6) is 1.59. The van der Waals surface area contributed by atoms with E-state index in [9.17, 15) is 4.79 Å². The molecule has 0 saturated carbocycles. The Bertz CT molecular complexity index is 742. The van der Waals surface area contributed by atoms with Gasteiger partial charge in [-0.3, -0.25) is 9.79 Å². The van der Waals surface area contributed by atoms with E-state index in [4.69, 9.17) is 0 Å². The van der Waals surface area contributed by atoms with Crippen molar-refractivity contribution in [2.75, 3.05) is 26.2 Å². The summed E-state index contributed by atoms with van der Waals surface area (Å²) in [6, 6.07) is 7.26. The Labute approximate surface area is 168 Å². The molecular weight excluding hydrogens is 410 g/mol. The molecule has 2 rings (SSSR count). The molecule has 8 nitrogen and oxygen atoms in total. The number of carbonyl (C=O) groups is 1. The van der Waals surface area contributed by atoms with Gasteiger partial charge in [-0.15, -0.1) is 10.2 Å². The van der Waals surface area contributed by atoms with Gasteiger partial charge in [0.15, 0.2) is 5.96 Å². The van der Waals surface area contributed by atoms with Gasteiger partial charge in [0.1, 0.15) is 12.2 Å². The predicted molar refractivity (Wildman–Crippen MR) is 110 cm³/mol. The maximum Gasteiger partial charge on any atom is 0.251 e. The van der Waals surface area contributed by atoms with Gasteiger partial charge in [-0.1, -0.05) is 22.9 Å². The van der Waals surface area contributed by atoms with Gasteiger partial charge in [0, 0.05) is 42.6 Å². The average molecular weight is 436 g/mol. The molecule has 1 heterocycles. The Hall–Kier alpha value is -2.42. The molecular formula is C18H26BrN7O. The van der Waals surface area contributed by atoms with Crippen molar-refractivity contribution >= 4 is 27.8 Å². The third kappa shape index (κ3) is 7.01. The van der Waals surface area contributed by atoms with Gasteiger partial charge in [0.05, 0.1) is 6.54 Å². The van der Waals surface area contributed by atoms with Crippen molar-refractivity contribution < 1.29 is 4.79 Å². The molecule has 27 heavy (non-hydrogen) atoms. The number of hydrogen-bond donors (Lipinski definition) is 3. The minimum absolute atomic E-state index is 0.102. The molecule has 0 bridgehead atoms. The van der Waals surface area contributed by atoms with Crippen LogP contribution in [0.5, 0.6) is 0 Å². The molecule has 1 aromatic heterocycles. The molecule has 1 amide bonds. The molecule has 0 aliphatic rings. The Kier molecular flexibility index (Phi) is 8.76. The third-order valence-electron chi connectivity index (χ3n) is 3.78. The number of benzene rings is 1. The number of rotatable bonds is 9. The normalized spacial score (nSPS) is 11.3. The third-order valence-corrected chi connectivity index (χ3v) is 4.30. The molecule has 0 atom stereocenters. The van der Waals surface area contributed by atoms with E-state index in [1.165, 1.54) is 0 Å². The largest absolute Gasteiger partial charge is 0.357 e. The highest BCUT2D eigenvalue weighted by molar-refractivity contribution is 9.10. The first-order chi connectivity index (χ1) is 13.1. The van der Waals surface area contributed by atoms with Gasteiger partial charge < -0.3 is 20.5 Å². The van der Waals surface area contributed by atoms with Gasteiger partial charge in [0.25, 0.3) is 5.91 Å². The fourth-order valence-corrected chi connectivity index (χ4v) is 2.68. The number of nitrogens with zero attached hydrogens (tertiary/aromatic N) is 4. The molecule has 0 fully saturated rings. The second-order valence-corrected chi connectivity index (χ2v) is 6.66. The summed E-state index contributed by atoms with van der Waals surface area (Å²) in [5, 5.41) is 17.4. The number of hydrogen-bond acceptors (Lipinski definition) is 4. The highest BCUT2D eigenvalue weighted by Crippen LogP contribution is 2.10. The van der Waals surface area contributed by atoms with Crippen molar-refractivity contribution in [2.45, 2.75) is 26.8 Å². The van der Waals surface area contributed by atoms with Crippen LogP contribution in [0.4, 0.5) is 0 Å². The van der Waals surface area contributed by atoms with Crippen LogP contribution in [0.2, 0.25) is 0 Å². The van der Waals surface area contributed by atoms with Crippen molar-refractivity contribution in [2.24, 2.45) is 4.99 Å². The lowest BCUT2D eigenvalue weighted by Gasteiger charge is -2.12. The number of aliphatic imine (C=N–C) groups is 1. The summed E-state index contributed by atoms with van der Waals surface area (Å²) in [5.41, 5.74) is 0.632. The number of nitrogens with one attached hydrogen (secondary N) is 3. The van der Waals surface area contributed by atoms with Crippen molar-refractivity contribution in [3.8, 4) is 0 Å². The van der Waals surface area contributed by atoms with E-state index >= 15 is 0 Å². The summed E-state index contributed by atoms with van der Waals surface area (Å²) in [7, 11) is 0. The van der Waals surface area contributed by atoms with Crippen LogP contribution in [0.25, 0.3) is 0 Å². The second-order valence-electron chi connectivity index (χ2n) is 5.74. The van der Waals surface area contributed by atoms with E-state index in [1.54, 1.807) is 18.5 Å². The lowest BCUT2D eigenvalue weighted by Crippen LogP contribution is -2.39. The van der Waals surface area contributed by atoms with E-state index < -0.39 is 0 Å². The van der Waals surface area contributed by atoms with E-state index in [0.717, 1.165) is 35.8 Å². The smallest absolute Gasteiger partial charge is 0.251 e. The van der Waals surface area contributed by atoms with Crippen LogP contribution in [0.15, 0.2) is 40.1 Å². The zero-order chi connectivity index (χ0) is 19.5. The zero-order valence-corrected chi connectivity index (χ0v) is 17.3. The van der Waals surface area contributed by atoms with Crippen molar-refractivity contribution in [3.63, 3.8) is 0 Å². The molecule has 0 aliphatic heterocycles. The lowest BCUT2D eigenvalue weighted by atomic mass is 10.2. The fourth-order valence-electron chi connectivity index (χ4n) is 2.42. The van der Waals surface area contributed by atoms with E-state index in [0.29, 0.717) is 25.2 Å². The highest BCUT2D eigenvalue weighted by Gasteiger charge is 2.05. The second kappa shape index (κ2) is 11.3. The average Bonchev–Trinajstić information content (AvgIpc) is 3.13. The maximum atomic E-state index is 12.1. The van der Waals surface area contributed by atoms with Gasteiger partial charge in [-0.25, -0.2) is 0 Å². The summed E-state index contributed by atoms with van der Waals surface area (Å²) >= 11 is 3.36. The van der Waals surface area contributed by atoms with Crippen LogP contribution in [0.3, 0.4) is 0 Å². The summed E-state index contributed by atoms with van der Waals surface area (Å²) in [4.78, 5) is 16.6. The molecule has 146 valence electrons. The summed E-state index contributed by atoms with van der Waals surface area (Å²) in [6.07, 6.45) is 2.59. The van der Waals surface area contributed by atoms with Crippen molar-refractivity contribution in [1.29, 1.82) is 0 Å². The highest BCUT2D eigenvalue weighted by atomic mass is 79.9. The first-order valence-electron chi connectivity index (χ1n) is 9.06. The zero-order valence-electron chi connectivity index (χ0n) is 15.7. The van der Waals surface area contributed by atoms with Crippen LogP contribution in [-0.2, 0) is 13.0 Å². The van der Waals surface area contributed by atoms with Crippen LogP contribution < -0.4 is 16.0 Å². The number of halogens is 1.